The molecule has 3 aromatic carbocycles. The zero-order valence-corrected chi connectivity index (χ0v) is 19.7. The second-order valence-electron chi connectivity index (χ2n) is 7.12. The van der Waals surface area contributed by atoms with Gasteiger partial charge in [-0.25, -0.2) is 0 Å². The fraction of sp³-hybridized carbons (Fsp3) is 0.250. The van der Waals surface area contributed by atoms with Crippen LogP contribution < -0.4 is 19.5 Å². The maximum Gasteiger partial charge on any atom is 0.241 e. The number of halogens is 1. The van der Waals surface area contributed by atoms with Gasteiger partial charge in [-0.1, -0.05) is 46.3 Å². The molecule has 0 aliphatic carbocycles. The van der Waals surface area contributed by atoms with E-state index < -0.39 is 12.1 Å². The van der Waals surface area contributed by atoms with Gasteiger partial charge in [0.2, 0.25) is 6.04 Å². The number of ether oxygens (including phenoxy) is 3. The molecule has 0 spiro atoms. The third-order valence-electron chi connectivity index (χ3n) is 5.21. The Kier molecular flexibility index (Phi) is 7.94. The largest absolute Gasteiger partial charge is 0.497 e. The first-order valence-corrected chi connectivity index (χ1v) is 10.8. The standard InChI is InChI=1S/C24H25BrN2O5/c1-30-19-11-9-18(10-12-19)26-24(16-7-5-4-6-8-16)21(27(28)29)13-17-14-22(31-2)23(32-3)15-20(17)25/h4-12,14-15,21,24,26H,13H2,1-3H3/t21-,24+/m0/s1. The molecule has 0 amide bonds. The highest BCUT2D eigenvalue weighted by atomic mass is 79.9. The molecular formula is C24H25BrN2O5. The molecule has 2 atom stereocenters. The Hall–Kier alpha value is -3.26. The lowest BCUT2D eigenvalue weighted by Crippen LogP contribution is -2.34. The Morgan fingerprint density at radius 2 is 1.56 bits per heavy atom. The Labute approximate surface area is 195 Å². The molecule has 168 valence electrons. The molecule has 0 aliphatic rings. The summed E-state index contributed by atoms with van der Waals surface area (Å²) in [4.78, 5) is 12.0. The van der Waals surface area contributed by atoms with Gasteiger partial charge < -0.3 is 19.5 Å². The normalized spacial score (nSPS) is 12.5. The van der Waals surface area contributed by atoms with Crippen LogP contribution >= 0.6 is 15.9 Å². The highest BCUT2D eigenvalue weighted by Crippen LogP contribution is 2.36. The average molecular weight is 501 g/mol. The van der Waals surface area contributed by atoms with Crippen molar-refractivity contribution in [3.63, 3.8) is 0 Å². The number of nitrogens with one attached hydrogen (secondary N) is 1. The fourth-order valence-corrected chi connectivity index (χ4v) is 4.01. The number of anilines is 1. The van der Waals surface area contributed by atoms with Crippen molar-refractivity contribution >= 4 is 21.6 Å². The van der Waals surface area contributed by atoms with Crippen LogP contribution in [0.15, 0.2) is 71.2 Å². The van der Waals surface area contributed by atoms with Crippen LogP contribution in [-0.4, -0.2) is 32.3 Å². The average Bonchev–Trinajstić information content (AvgIpc) is 2.82. The minimum absolute atomic E-state index is 0.177. The van der Waals surface area contributed by atoms with Gasteiger partial charge in [0.15, 0.2) is 11.5 Å². The van der Waals surface area contributed by atoms with Crippen LogP contribution in [0, 0.1) is 10.1 Å². The van der Waals surface area contributed by atoms with E-state index in [1.807, 2.05) is 54.6 Å². The molecule has 0 fully saturated rings. The molecule has 3 rings (SSSR count). The minimum atomic E-state index is -0.950. The fourth-order valence-electron chi connectivity index (χ4n) is 3.52. The zero-order valence-electron chi connectivity index (χ0n) is 18.1. The lowest BCUT2D eigenvalue weighted by molar-refractivity contribution is -0.525. The van der Waals surface area contributed by atoms with E-state index in [1.54, 1.807) is 33.5 Å². The summed E-state index contributed by atoms with van der Waals surface area (Å²) in [6.07, 6.45) is 0.177. The monoisotopic (exact) mass is 500 g/mol. The van der Waals surface area contributed by atoms with Crippen LogP contribution in [0.25, 0.3) is 0 Å². The van der Waals surface area contributed by atoms with Crippen molar-refractivity contribution in [3.8, 4) is 17.2 Å². The van der Waals surface area contributed by atoms with Gasteiger partial charge in [-0.3, -0.25) is 10.1 Å². The maximum atomic E-state index is 12.3. The van der Waals surface area contributed by atoms with E-state index in [2.05, 4.69) is 21.2 Å². The molecule has 0 saturated heterocycles. The van der Waals surface area contributed by atoms with E-state index in [9.17, 15) is 10.1 Å². The summed E-state index contributed by atoms with van der Waals surface area (Å²) in [6, 6.07) is 18.8. The molecule has 0 radical (unpaired) electrons. The van der Waals surface area contributed by atoms with Gasteiger partial charge >= 0.3 is 0 Å². The molecular weight excluding hydrogens is 476 g/mol. The zero-order chi connectivity index (χ0) is 23.1. The topological polar surface area (TPSA) is 82.9 Å². The first-order chi connectivity index (χ1) is 15.5. The molecule has 0 saturated carbocycles. The van der Waals surface area contributed by atoms with Crippen molar-refractivity contribution in [3.05, 3.63) is 92.4 Å². The molecule has 8 heteroatoms. The summed E-state index contributed by atoms with van der Waals surface area (Å²) in [5, 5.41) is 15.6. The van der Waals surface area contributed by atoms with Crippen molar-refractivity contribution in [2.24, 2.45) is 0 Å². The molecule has 0 bridgehead atoms. The van der Waals surface area contributed by atoms with Crippen molar-refractivity contribution in [2.45, 2.75) is 18.5 Å². The second kappa shape index (κ2) is 10.9. The van der Waals surface area contributed by atoms with E-state index in [-0.39, 0.29) is 11.3 Å². The predicted molar refractivity (Wildman–Crippen MR) is 128 cm³/mol. The van der Waals surface area contributed by atoms with E-state index in [4.69, 9.17) is 14.2 Å². The van der Waals surface area contributed by atoms with Crippen LogP contribution in [-0.2, 0) is 6.42 Å². The second-order valence-corrected chi connectivity index (χ2v) is 7.97. The molecule has 7 nitrogen and oxygen atoms in total. The molecule has 0 aliphatic heterocycles. The smallest absolute Gasteiger partial charge is 0.241 e. The first kappa shape index (κ1) is 23.4. The predicted octanol–water partition coefficient (Wildman–Crippen LogP) is 5.52. The molecule has 3 aromatic rings. The highest BCUT2D eigenvalue weighted by Gasteiger charge is 2.34. The number of methoxy groups -OCH3 is 3. The summed E-state index contributed by atoms with van der Waals surface area (Å²) < 4.78 is 16.7. The Balaban J connectivity index is 1.99. The molecule has 0 aromatic heterocycles. The van der Waals surface area contributed by atoms with Gasteiger partial charge in [-0.05, 0) is 47.5 Å². The van der Waals surface area contributed by atoms with E-state index in [0.29, 0.717) is 17.2 Å². The van der Waals surface area contributed by atoms with E-state index in [0.717, 1.165) is 21.3 Å². The van der Waals surface area contributed by atoms with Crippen molar-refractivity contribution < 1.29 is 19.1 Å². The third kappa shape index (κ3) is 5.50. The molecule has 0 unspecified atom stereocenters. The highest BCUT2D eigenvalue weighted by molar-refractivity contribution is 9.10. The molecule has 32 heavy (non-hydrogen) atoms. The molecule has 0 heterocycles. The maximum absolute atomic E-state index is 12.3. The summed E-state index contributed by atoms with van der Waals surface area (Å²) >= 11 is 3.52. The summed E-state index contributed by atoms with van der Waals surface area (Å²) in [5.41, 5.74) is 2.33. The summed E-state index contributed by atoms with van der Waals surface area (Å²) in [5.74, 6) is 1.79. The summed E-state index contributed by atoms with van der Waals surface area (Å²) in [7, 11) is 4.69. The van der Waals surface area contributed by atoms with Gasteiger partial charge in [0.05, 0.1) is 21.3 Å². The van der Waals surface area contributed by atoms with E-state index >= 15 is 0 Å². The number of nitrogens with zero attached hydrogens (tertiary/aromatic N) is 1. The number of benzene rings is 3. The van der Waals surface area contributed by atoms with Crippen molar-refractivity contribution in [2.75, 3.05) is 26.6 Å². The van der Waals surface area contributed by atoms with E-state index in [1.165, 1.54) is 0 Å². The number of hydrogen-bond acceptors (Lipinski definition) is 6. The van der Waals surface area contributed by atoms with Crippen molar-refractivity contribution in [1.29, 1.82) is 0 Å². The van der Waals surface area contributed by atoms with Gasteiger partial charge in [0.25, 0.3) is 0 Å². The van der Waals surface area contributed by atoms with Gasteiger partial charge in [-0.2, -0.15) is 0 Å². The SMILES string of the molecule is COc1ccc(N[C@H](c2ccccc2)[C@H](Cc2cc(OC)c(OC)cc2Br)[N+](=O)[O-])cc1. The minimum Gasteiger partial charge on any atom is -0.497 e. The first-order valence-electron chi connectivity index (χ1n) is 9.96. The van der Waals surface area contributed by atoms with Crippen molar-refractivity contribution in [1.82, 2.24) is 0 Å². The van der Waals surface area contributed by atoms with Gasteiger partial charge in [0.1, 0.15) is 11.8 Å². The van der Waals surface area contributed by atoms with Gasteiger partial charge in [-0.15, -0.1) is 0 Å². The van der Waals surface area contributed by atoms with Crippen LogP contribution in [0.1, 0.15) is 17.2 Å². The number of hydrogen-bond donors (Lipinski definition) is 1. The van der Waals surface area contributed by atoms with Crippen LogP contribution in [0.3, 0.4) is 0 Å². The van der Waals surface area contributed by atoms with Gasteiger partial charge in [0, 0.05) is 21.5 Å². The lowest BCUT2D eigenvalue weighted by Gasteiger charge is -2.24. The Bertz CT molecular complexity index is 1040. The lowest BCUT2D eigenvalue weighted by atomic mass is 9.93. The Morgan fingerprint density at radius 1 is 0.938 bits per heavy atom. The number of rotatable bonds is 10. The third-order valence-corrected chi connectivity index (χ3v) is 5.95. The van der Waals surface area contributed by atoms with Crippen LogP contribution in [0.2, 0.25) is 0 Å². The van der Waals surface area contributed by atoms with Crippen LogP contribution in [0.4, 0.5) is 5.69 Å². The quantitative estimate of drug-likeness (QED) is 0.291. The molecule has 1 N–H and O–H groups in total. The Morgan fingerprint density at radius 3 is 2.12 bits per heavy atom. The van der Waals surface area contributed by atoms with Crippen LogP contribution in [0.5, 0.6) is 17.2 Å². The summed E-state index contributed by atoms with van der Waals surface area (Å²) in [6.45, 7) is 0. The number of nitro groups is 1.